The van der Waals surface area contributed by atoms with Crippen molar-refractivity contribution < 1.29 is 9.53 Å². The lowest BCUT2D eigenvalue weighted by Crippen LogP contribution is -2.24. The molecule has 3 rings (SSSR count). The molecule has 0 atom stereocenters. The first-order valence-electron chi connectivity index (χ1n) is 7.62. The number of nitrogens with one attached hydrogen (secondary N) is 2. The fourth-order valence-corrected chi connectivity index (χ4v) is 2.67. The molecule has 23 heavy (non-hydrogen) atoms. The van der Waals surface area contributed by atoms with Crippen LogP contribution in [-0.4, -0.2) is 18.0 Å². The molecular weight excluding hydrogens is 288 g/mol. The van der Waals surface area contributed by atoms with Gasteiger partial charge in [0.2, 0.25) is 5.91 Å². The maximum Gasteiger partial charge on any atom is 0.224 e. The average Bonchev–Trinajstić information content (AvgIpc) is 2.92. The third-order valence-electron chi connectivity index (χ3n) is 3.81. The Morgan fingerprint density at radius 3 is 2.83 bits per heavy atom. The number of fused-ring (bicyclic) bond motifs is 1. The van der Waals surface area contributed by atoms with Crippen LogP contribution in [0.25, 0.3) is 10.9 Å². The summed E-state index contributed by atoms with van der Waals surface area (Å²) < 4.78 is 5.17. The predicted octanol–water partition coefficient (Wildman–Crippen LogP) is 3.34. The van der Waals surface area contributed by atoms with Crippen molar-refractivity contribution in [2.75, 3.05) is 7.11 Å². The Morgan fingerprint density at radius 2 is 2.00 bits per heavy atom. The van der Waals surface area contributed by atoms with Gasteiger partial charge in [0.1, 0.15) is 5.75 Å². The fraction of sp³-hybridized carbons (Fsp3) is 0.211. The molecule has 4 nitrogen and oxygen atoms in total. The number of aryl methyl sites for hydroxylation is 1. The van der Waals surface area contributed by atoms with Gasteiger partial charge in [0.05, 0.1) is 13.5 Å². The summed E-state index contributed by atoms with van der Waals surface area (Å²) in [5.74, 6) is 0.771. The van der Waals surface area contributed by atoms with Gasteiger partial charge in [-0.3, -0.25) is 4.79 Å². The summed E-state index contributed by atoms with van der Waals surface area (Å²) in [5, 5.41) is 4.14. The van der Waals surface area contributed by atoms with E-state index in [9.17, 15) is 4.79 Å². The first-order chi connectivity index (χ1) is 11.1. The number of carbonyl (C=O) groups excluding carboxylic acids is 1. The molecule has 0 fully saturated rings. The number of rotatable bonds is 5. The van der Waals surface area contributed by atoms with Gasteiger partial charge in [0, 0.05) is 17.8 Å². The molecule has 3 aromatic rings. The van der Waals surface area contributed by atoms with Gasteiger partial charge >= 0.3 is 0 Å². The Labute approximate surface area is 135 Å². The van der Waals surface area contributed by atoms with E-state index in [0.717, 1.165) is 28.1 Å². The van der Waals surface area contributed by atoms with Gasteiger partial charge in [0.15, 0.2) is 0 Å². The van der Waals surface area contributed by atoms with E-state index in [0.29, 0.717) is 13.0 Å². The van der Waals surface area contributed by atoms with Gasteiger partial charge in [0.25, 0.3) is 0 Å². The Hall–Kier alpha value is -2.75. The van der Waals surface area contributed by atoms with Crippen molar-refractivity contribution in [3.63, 3.8) is 0 Å². The molecule has 118 valence electrons. The van der Waals surface area contributed by atoms with Crippen LogP contribution in [0, 0.1) is 6.92 Å². The number of carbonyl (C=O) groups is 1. The number of methoxy groups -OCH3 is 1. The topological polar surface area (TPSA) is 54.1 Å². The molecule has 0 aliphatic carbocycles. The van der Waals surface area contributed by atoms with Crippen LogP contribution in [0.4, 0.5) is 0 Å². The standard InChI is InChI=1S/C19H20N2O2/c1-13-8-16-9-15(6-7-18(16)21-13)12-20-19(22)11-14-4-3-5-17(10-14)23-2/h3-10,21H,11-12H2,1-2H3,(H,20,22). The largest absolute Gasteiger partial charge is 0.497 e. The van der Waals surface area contributed by atoms with Crippen molar-refractivity contribution >= 4 is 16.8 Å². The van der Waals surface area contributed by atoms with E-state index in [2.05, 4.69) is 22.4 Å². The molecule has 0 unspecified atom stereocenters. The number of ether oxygens (including phenoxy) is 1. The molecule has 0 bridgehead atoms. The number of hydrogen-bond acceptors (Lipinski definition) is 2. The average molecular weight is 308 g/mol. The summed E-state index contributed by atoms with van der Waals surface area (Å²) in [5.41, 5.74) is 4.29. The Bertz CT molecular complexity index is 836. The SMILES string of the molecule is COc1cccc(CC(=O)NCc2ccc3[nH]c(C)cc3c2)c1. The Kier molecular flexibility index (Phi) is 4.33. The van der Waals surface area contributed by atoms with Crippen LogP contribution in [0.3, 0.4) is 0 Å². The number of H-pyrrole nitrogens is 1. The first kappa shape index (κ1) is 15.2. The molecule has 1 aromatic heterocycles. The molecule has 0 saturated carbocycles. The van der Waals surface area contributed by atoms with Gasteiger partial charge in [-0.05, 0) is 53.8 Å². The third kappa shape index (κ3) is 3.72. The zero-order valence-electron chi connectivity index (χ0n) is 13.3. The molecule has 2 N–H and O–H groups in total. The molecule has 0 radical (unpaired) electrons. The van der Waals surface area contributed by atoms with E-state index in [1.165, 1.54) is 5.39 Å². The van der Waals surface area contributed by atoms with Crippen LogP contribution in [0.5, 0.6) is 5.75 Å². The van der Waals surface area contributed by atoms with Crippen LogP contribution >= 0.6 is 0 Å². The number of hydrogen-bond donors (Lipinski definition) is 2. The molecule has 1 heterocycles. The number of amides is 1. The zero-order valence-corrected chi connectivity index (χ0v) is 13.3. The van der Waals surface area contributed by atoms with E-state index in [1.54, 1.807) is 7.11 Å². The monoisotopic (exact) mass is 308 g/mol. The molecule has 0 aliphatic rings. The molecular formula is C19H20N2O2. The lowest BCUT2D eigenvalue weighted by molar-refractivity contribution is -0.120. The summed E-state index contributed by atoms with van der Waals surface area (Å²) in [6.45, 7) is 2.57. The van der Waals surface area contributed by atoms with Gasteiger partial charge in [-0.2, -0.15) is 0 Å². The van der Waals surface area contributed by atoms with Crippen molar-refractivity contribution in [3.05, 3.63) is 65.4 Å². The minimum absolute atomic E-state index is 0.00333. The van der Waals surface area contributed by atoms with Crippen LogP contribution in [0.15, 0.2) is 48.5 Å². The predicted molar refractivity (Wildman–Crippen MR) is 91.6 cm³/mol. The highest BCUT2D eigenvalue weighted by atomic mass is 16.5. The molecule has 0 aliphatic heterocycles. The highest BCUT2D eigenvalue weighted by molar-refractivity contribution is 5.81. The molecule has 4 heteroatoms. The third-order valence-corrected chi connectivity index (χ3v) is 3.81. The van der Waals surface area contributed by atoms with E-state index in [4.69, 9.17) is 4.74 Å². The lowest BCUT2D eigenvalue weighted by Gasteiger charge is -2.07. The normalized spacial score (nSPS) is 10.7. The van der Waals surface area contributed by atoms with Crippen molar-refractivity contribution in [1.29, 1.82) is 0 Å². The fourth-order valence-electron chi connectivity index (χ4n) is 2.67. The maximum absolute atomic E-state index is 12.1. The maximum atomic E-state index is 12.1. The van der Waals surface area contributed by atoms with E-state index in [-0.39, 0.29) is 5.91 Å². The second-order valence-corrected chi connectivity index (χ2v) is 5.68. The zero-order chi connectivity index (χ0) is 16.2. The highest BCUT2D eigenvalue weighted by Crippen LogP contribution is 2.17. The summed E-state index contributed by atoms with van der Waals surface area (Å²) in [6.07, 6.45) is 0.350. The summed E-state index contributed by atoms with van der Waals surface area (Å²) in [7, 11) is 1.62. The lowest BCUT2D eigenvalue weighted by atomic mass is 10.1. The number of benzene rings is 2. The van der Waals surface area contributed by atoms with Crippen LogP contribution < -0.4 is 10.1 Å². The second-order valence-electron chi connectivity index (χ2n) is 5.68. The van der Waals surface area contributed by atoms with Gasteiger partial charge in [-0.25, -0.2) is 0 Å². The summed E-state index contributed by atoms with van der Waals surface area (Å²) >= 11 is 0. The quantitative estimate of drug-likeness (QED) is 0.759. The van der Waals surface area contributed by atoms with Gasteiger partial charge < -0.3 is 15.0 Å². The summed E-state index contributed by atoms with van der Waals surface area (Å²) in [6, 6.07) is 15.9. The van der Waals surface area contributed by atoms with Crippen molar-refractivity contribution in [2.24, 2.45) is 0 Å². The smallest absolute Gasteiger partial charge is 0.224 e. The first-order valence-corrected chi connectivity index (χ1v) is 7.62. The van der Waals surface area contributed by atoms with Crippen LogP contribution in [0.1, 0.15) is 16.8 Å². The van der Waals surface area contributed by atoms with Crippen molar-refractivity contribution in [2.45, 2.75) is 19.9 Å². The minimum Gasteiger partial charge on any atom is -0.497 e. The number of aromatic nitrogens is 1. The van der Waals surface area contributed by atoms with E-state index in [1.807, 2.05) is 43.3 Å². The van der Waals surface area contributed by atoms with Gasteiger partial charge in [-0.1, -0.05) is 18.2 Å². The molecule has 0 spiro atoms. The van der Waals surface area contributed by atoms with E-state index >= 15 is 0 Å². The molecule has 2 aromatic carbocycles. The Morgan fingerprint density at radius 1 is 1.13 bits per heavy atom. The number of aromatic amines is 1. The Balaban J connectivity index is 1.61. The molecule has 1 amide bonds. The van der Waals surface area contributed by atoms with Crippen molar-refractivity contribution in [1.82, 2.24) is 10.3 Å². The van der Waals surface area contributed by atoms with Crippen LogP contribution in [0.2, 0.25) is 0 Å². The van der Waals surface area contributed by atoms with Crippen molar-refractivity contribution in [3.8, 4) is 5.75 Å². The highest BCUT2D eigenvalue weighted by Gasteiger charge is 2.05. The molecule has 0 saturated heterocycles. The summed E-state index contributed by atoms with van der Waals surface area (Å²) in [4.78, 5) is 15.4. The van der Waals surface area contributed by atoms with Crippen LogP contribution in [-0.2, 0) is 17.8 Å². The van der Waals surface area contributed by atoms with E-state index < -0.39 is 0 Å². The van der Waals surface area contributed by atoms with Gasteiger partial charge in [-0.15, -0.1) is 0 Å². The minimum atomic E-state index is 0.00333. The second kappa shape index (κ2) is 6.57.